The average Bonchev–Trinajstić information content (AvgIpc) is 3.29. The van der Waals surface area contributed by atoms with Crippen LogP contribution in [0.5, 0.6) is 0 Å². The van der Waals surface area contributed by atoms with Gasteiger partial charge in [-0.1, -0.05) is 35.5 Å². The van der Waals surface area contributed by atoms with E-state index < -0.39 is 0 Å². The van der Waals surface area contributed by atoms with Crippen LogP contribution >= 0.6 is 23.4 Å². The molecule has 4 aromatic rings. The van der Waals surface area contributed by atoms with Gasteiger partial charge < -0.3 is 14.7 Å². The standard InChI is InChI=1S/C21H17ClN2O2S/c1-13-4-9-17-18(11-13)24-19(21(25)23-12-15-3-2-10-26-15)20(17)27-16-7-5-14(22)6-8-16/h2-11,24H,12H2,1H3,(H,23,25). The van der Waals surface area contributed by atoms with E-state index in [1.54, 1.807) is 24.1 Å². The first-order chi connectivity index (χ1) is 13.1. The summed E-state index contributed by atoms with van der Waals surface area (Å²) in [4.78, 5) is 18.0. The molecule has 0 saturated carbocycles. The second-order valence-electron chi connectivity index (χ2n) is 6.20. The van der Waals surface area contributed by atoms with Gasteiger partial charge in [-0.3, -0.25) is 4.79 Å². The number of benzene rings is 2. The number of aromatic nitrogens is 1. The molecule has 0 aliphatic carbocycles. The van der Waals surface area contributed by atoms with Crippen molar-refractivity contribution in [3.05, 3.63) is 82.9 Å². The van der Waals surface area contributed by atoms with E-state index in [4.69, 9.17) is 16.0 Å². The quantitative estimate of drug-likeness (QED) is 0.448. The molecule has 0 aliphatic rings. The molecule has 1 amide bonds. The molecule has 4 rings (SSSR count). The SMILES string of the molecule is Cc1ccc2c(Sc3ccc(Cl)cc3)c(C(=O)NCc3ccco3)[nH]c2c1. The molecule has 2 aromatic carbocycles. The molecule has 0 bridgehead atoms. The van der Waals surface area contributed by atoms with Crippen LogP contribution in [-0.4, -0.2) is 10.9 Å². The van der Waals surface area contributed by atoms with Crippen molar-refractivity contribution in [2.75, 3.05) is 0 Å². The van der Waals surface area contributed by atoms with Gasteiger partial charge >= 0.3 is 0 Å². The molecule has 0 aliphatic heterocycles. The Balaban J connectivity index is 1.69. The van der Waals surface area contributed by atoms with E-state index in [0.29, 0.717) is 23.0 Å². The summed E-state index contributed by atoms with van der Waals surface area (Å²) in [6.45, 7) is 2.37. The number of furan rings is 1. The molecular formula is C21H17ClN2O2S. The first kappa shape index (κ1) is 17.8. The third-order valence-electron chi connectivity index (χ3n) is 4.17. The van der Waals surface area contributed by atoms with Gasteiger partial charge in [-0.05, 0) is 55.0 Å². The van der Waals surface area contributed by atoms with Crippen molar-refractivity contribution in [2.24, 2.45) is 0 Å². The molecule has 2 N–H and O–H groups in total. The third-order valence-corrected chi connectivity index (χ3v) is 5.56. The number of carbonyl (C=O) groups is 1. The van der Waals surface area contributed by atoms with E-state index in [-0.39, 0.29) is 5.91 Å². The molecule has 2 heterocycles. The summed E-state index contributed by atoms with van der Waals surface area (Å²) in [7, 11) is 0. The monoisotopic (exact) mass is 396 g/mol. The summed E-state index contributed by atoms with van der Waals surface area (Å²) in [5.41, 5.74) is 2.62. The molecule has 136 valence electrons. The van der Waals surface area contributed by atoms with Crippen LogP contribution in [-0.2, 0) is 6.54 Å². The minimum atomic E-state index is -0.170. The number of H-pyrrole nitrogens is 1. The molecule has 0 spiro atoms. The van der Waals surface area contributed by atoms with Crippen molar-refractivity contribution in [3.8, 4) is 0 Å². The van der Waals surface area contributed by atoms with Crippen molar-refractivity contribution < 1.29 is 9.21 Å². The van der Waals surface area contributed by atoms with Crippen LogP contribution in [0.25, 0.3) is 10.9 Å². The number of rotatable bonds is 5. The fourth-order valence-corrected chi connectivity index (χ4v) is 4.01. The highest BCUT2D eigenvalue weighted by Crippen LogP contribution is 2.37. The summed E-state index contributed by atoms with van der Waals surface area (Å²) in [5, 5.41) is 4.62. The molecule has 4 nitrogen and oxygen atoms in total. The van der Waals surface area contributed by atoms with Gasteiger partial charge in [0.2, 0.25) is 0 Å². The maximum atomic E-state index is 12.8. The molecule has 0 radical (unpaired) electrons. The first-order valence-electron chi connectivity index (χ1n) is 8.46. The summed E-state index contributed by atoms with van der Waals surface area (Å²) < 4.78 is 5.29. The Morgan fingerprint density at radius 2 is 2.00 bits per heavy atom. The minimum Gasteiger partial charge on any atom is -0.467 e. The lowest BCUT2D eigenvalue weighted by molar-refractivity contribution is 0.0941. The number of hydrogen-bond donors (Lipinski definition) is 2. The van der Waals surface area contributed by atoms with Crippen molar-refractivity contribution in [2.45, 2.75) is 23.3 Å². The highest BCUT2D eigenvalue weighted by Gasteiger charge is 2.19. The van der Waals surface area contributed by atoms with E-state index in [2.05, 4.69) is 10.3 Å². The Hall–Kier alpha value is -2.63. The van der Waals surface area contributed by atoms with Gasteiger partial charge in [-0.2, -0.15) is 0 Å². The van der Waals surface area contributed by atoms with Gasteiger partial charge in [0.15, 0.2) is 0 Å². The summed E-state index contributed by atoms with van der Waals surface area (Å²) in [6, 6.07) is 17.4. The van der Waals surface area contributed by atoms with Crippen LogP contribution in [0.3, 0.4) is 0 Å². The molecule has 6 heteroatoms. The molecular weight excluding hydrogens is 380 g/mol. The van der Waals surface area contributed by atoms with Crippen LogP contribution in [0.1, 0.15) is 21.8 Å². The van der Waals surface area contributed by atoms with Gasteiger partial charge in [0.25, 0.3) is 5.91 Å². The Morgan fingerprint density at radius 3 is 2.74 bits per heavy atom. The van der Waals surface area contributed by atoms with E-state index in [1.165, 1.54) is 0 Å². The lowest BCUT2D eigenvalue weighted by Gasteiger charge is -2.06. The van der Waals surface area contributed by atoms with E-state index in [1.807, 2.05) is 55.5 Å². The zero-order chi connectivity index (χ0) is 18.8. The highest BCUT2D eigenvalue weighted by molar-refractivity contribution is 7.99. The Morgan fingerprint density at radius 1 is 1.19 bits per heavy atom. The predicted octanol–water partition coefficient (Wildman–Crippen LogP) is 5.80. The molecule has 0 atom stereocenters. The smallest absolute Gasteiger partial charge is 0.269 e. The highest BCUT2D eigenvalue weighted by atomic mass is 35.5. The molecule has 0 unspecified atom stereocenters. The van der Waals surface area contributed by atoms with E-state index >= 15 is 0 Å². The van der Waals surface area contributed by atoms with Crippen LogP contribution < -0.4 is 5.32 Å². The molecule has 27 heavy (non-hydrogen) atoms. The normalized spacial score (nSPS) is 11.0. The number of carbonyl (C=O) groups excluding carboxylic acids is 1. The largest absolute Gasteiger partial charge is 0.467 e. The lowest BCUT2D eigenvalue weighted by atomic mass is 10.2. The fraction of sp³-hybridized carbons (Fsp3) is 0.0952. The zero-order valence-corrected chi connectivity index (χ0v) is 16.2. The summed E-state index contributed by atoms with van der Waals surface area (Å²) >= 11 is 7.53. The molecule has 0 saturated heterocycles. The van der Waals surface area contributed by atoms with Gasteiger partial charge in [-0.15, -0.1) is 0 Å². The Labute approximate surface area is 165 Å². The van der Waals surface area contributed by atoms with E-state index in [9.17, 15) is 4.79 Å². The second kappa shape index (κ2) is 7.55. The van der Waals surface area contributed by atoms with Crippen molar-refractivity contribution in [3.63, 3.8) is 0 Å². The van der Waals surface area contributed by atoms with Crippen molar-refractivity contribution in [1.82, 2.24) is 10.3 Å². The molecule has 2 aromatic heterocycles. The number of hydrogen-bond acceptors (Lipinski definition) is 3. The number of amides is 1. The topological polar surface area (TPSA) is 58.0 Å². The second-order valence-corrected chi connectivity index (χ2v) is 7.72. The van der Waals surface area contributed by atoms with Gasteiger partial charge in [0.1, 0.15) is 11.5 Å². The fourth-order valence-electron chi connectivity index (χ4n) is 2.84. The third kappa shape index (κ3) is 3.89. The molecule has 0 fully saturated rings. The zero-order valence-electron chi connectivity index (χ0n) is 14.6. The van der Waals surface area contributed by atoms with Crippen LogP contribution in [0.2, 0.25) is 5.02 Å². The van der Waals surface area contributed by atoms with Crippen LogP contribution in [0.15, 0.2) is 75.1 Å². The van der Waals surface area contributed by atoms with Crippen molar-refractivity contribution in [1.29, 1.82) is 0 Å². The van der Waals surface area contributed by atoms with Crippen LogP contribution in [0, 0.1) is 6.92 Å². The summed E-state index contributed by atoms with van der Waals surface area (Å²) in [6.07, 6.45) is 1.59. The number of aromatic amines is 1. The van der Waals surface area contributed by atoms with E-state index in [0.717, 1.165) is 26.3 Å². The lowest BCUT2D eigenvalue weighted by Crippen LogP contribution is -2.23. The first-order valence-corrected chi connectivity index (χ1v) is 9.66. The van der Waals surface area contributed by atoms with Gasteiger partial charge in [0, 0.05) is 20.8 Å². The summed E-state index contributed by atoms with van der Waals surface area (Å²) in [5.74, 6) is 0.541. The maximum Gasteiger partial charge on any atom is 0.269 e. The maximum absolute atomic E-state index is 12.8. The van der Waals surface area contributed by atoms with Gasteiger partial charge in [0.05, 0.1) is 17.7 Å². The Bertz CT molecular complexity index is 1090. The van der Waals surface area contributed by atoms with Crippen molar-refractivity contribution >= 4 is 40.2 Å². The van der Waals surface area contributed by atoms with Crippen LogP contribution in [0.4, 0.5) is 0 Å². The number of fused-ring (bicyclic) bond motifs is 1. The average molecular weight is 397 g/mol. The number of nitrogens with one attached hydrogen (secondary N) is 2. The minimum absolute atomic E-state index is 0.170. The predicted molar refractivity (Wildman–Crippen MR) is 108 cm³/mol. The Kier molecular flexibility index (Phi) is 4.97. The van der Waals surface area contributed by atoms with Gasteiger partial charge in [-0.25, -0.2) is 0 Å². The number of aryl methyl sites for hydroxylation is 1. The number of halogens is 1.